The average molecular weight is 360 g/mol. The molecule has 134 valence electrons. The predicted molar refractivity (Wildman–Crippen MR) is 95.3 cm³/mol. The molecule has 8 nitrogen and oxygen atoms in total. The number of ether oxygens (including phenoxy) is 1. The number of nitrogens with zero attached hydrogens (tertiary/aromatic N) is 6. The van der Waals surface area contributed by atoms with Crippen molar-refractivity contribution >= 4 is 0 Å². The number of aromatic nitrogens is 6. The lowest BCUT2D eigenvalue weighted by Gasteiger charge is -2.24. The molecule has 4 aromatic rings. The summed E-state index contributed by atoms with van der Waals surface area (Å²) < 4.78 is 13.2. The third-order valence-corrected chi connectivity index (χ3v) is 4.59. The van der Waals surface area contributed by atoms with Gasteiger partial charge in [0.2, 0.25) is 5.82 Å². The molecule has 0 saturated heterocycles. The minimum absolute atomic E-state index is 0.0520. The topological polar surface area (TPSA) is 91.8 Å². The molecular formula is C19H16N6O2. The van der Waals surface area contributed by atoms with Crippen molar-refractivity contribution in [3.63, 3.8) is 0 Å². The van der Waals surface area contributed by atoms with Crippen LogP contribution in [-0.4, -0.2) is 30.1 Å². The molecular weight excluding hydrogens is 344 g/mol. The van der Waals surface area contributed by atoms with Gasteiger partial charge in [0.05, 0.1) is 24.4 Å². The van der Waals surface area contributed by atoms with Crippen LogP contribution in [0.1, 0.15) is 22.9 Å². The van der Waals surface area contributed by atoms with Crippen molar-refractivity contribution in [2.75, 3.05) is 0 Å². The Bertz CT molecular complexity index is 1070. The van der Waals surface area contributed by atoms with Crippen LogP contribution >= 0.6 is 0 Å². The van der Waals surface area contributed by atoms with E-state index in [1.165, 1.54) is 5.56 Å². The molecule has 0 fully saturated rings. The van der Waals surface area contributed by atoms with Gasteiger partial charge in [-0.05, 0) is 24.6 Å². The fourth-order valence-corrected chi connectivity index (χ4v) is 3.09. The SMILES string of the molecule is Cc1ccc(C2Cn3nnc(-c4noc(-c5cccnc5)n4)c3CO2)cc1. The molecule has 1 aromatic carbocycles. The number of aryl methyl sites for hydroxylation is 1. The van der Waals surface area contributed by atoms with Crippen LogP contribution in [-0.2, 0) is 17.9 Å². The molecule has 1 aliphatic rings. The molecule has 0 amide bonds. The van der Waals surface area contributed by atoms with E-state index in [0.29, 0.717) is 30.6 Å². The van der Waals surface area contributed by atoms with Gasteiger partial charge in [-0.25, -0.2) is 4.68 Å². The molecule has 4 heterocycles. The second-order valence-corrected chi connectivity index (χ2v) is 6.44. The van der Waals surface area contributed by atoms with Gasteiger partial charge < -0.3 is 9.26 Å². The largest absolute Gasteiger partial charge is 0.365 e. The summed E-state index contributed by atoms with van der Waals surface area (Å²) in [6.07, 6.45) is 3.31. The third-order valence-electron chi connectivity index (χ3n) is 4.59. The van der Waals surface area contributed by atoms with Gasteiger partial charge >= 0.3 is 0 Å². The smallest absolute Gasteiger partial charge is 0.259 e. The van der Waals surface area contributed by atoms with Gasteiger partial charge in [0.1, 0.15) is 6.10 Å². The highest BCUT2D eigenvalue weighted by Crippen LogP contribution is 2.30. The Morgan fingerprint density at radius 2 is 2.04 bits per heavy atom. The molecule has 0 radical (unpaired) electrons. The van der Waals surface area contributed by atoms with Crippen LogP contribution in [0.5, 0.6) is 0 Å². The molecule has 1 atom stereocenters. The minimum atomic E-state index is -0.0520. The average Bonchev–Trinajstić information content (AvgIpc) is 3.36. The fourth-order valence-electron chi connectivity index (χ4n) is 3.09. The lowest BCUT2D eigenvalue weighted by Crippen LogP contribution is -2.22. The Labute approximate surface area is 154 Å². The standard InChI is InChI=1S/C19H16N6O2/c1-12-4-6-13(7-5-12)16-10-25-15(11-26-16)17(22-24-25)18-21-19(27-23-18)14-3-2-8-20-9-14/h2-9,16H,10-11H2,1H3. The molecule has 5 rings (SSSR count). The van der Waals surface area contributed by atoms with Crippen LogP contribution in [0.2, 0.25) is 0 Å². The van der Waals surface area contributed by atoms with Gasteiger partial charge in [-0.3, -0.25) is 4.98 Å². The summed E-state index contributed by atoms with van der Waals surface area (Å²) in [4.78, 5) is 8.49. The summed E-state index contributed by atoms with van der Waals surface area (Å²) in [5, 5.41) is 12.6. The van der Waals surface area contributed by atoms with E-state index in [2.05, 4.69) is 56.6 Å². The first-order valence-corrected chi connectivity index (χ1v) is 8.63. The molecule has 0 N–H and O–H groups in total. The van der Waals surface area contributed by atoms with Crippen molar-refractivity contribution in [1.29, 1.82) is 0 Å². The second kappa shape index (κ2) is 6.40. The molecule has 0 spiro atoms. The first kappa shape index (κ1) is 15.8. The van der Waals surface area contributed by atoms with Gasteiger partial charge in [0, 0.05) is 12.4 Å². The van der Waals surface area contributed by atoms with Crippen LogP contribution in [0.4, 0.5) is 0 Å². The van der Waals surface area contributed by atoms with Gasteiger partial charge in [-0.2, -0.15) is 4.98 Å². The van der Waals surface area contributed by atoms with Crippen molar-refractivity contribution < 1.29 is 9.26 Å². The molecule has 0 bridgehead atoms. The third kappa shape index (κ3) is 2.89. The van der Waals surface area contributed by atoms with E-state index in [0.717, 1.165) is 16.8 Å². The summed E-state index contributed by atoms with van der Waals surface area (Å²) in [6.45, 7) is 3.05. The number of pyridine rings is 1. The fraction of sp³-hybridized carbons (Fsp3) is 0.211. The minimum Gasteiger partial charge on any atom is -0.365 e. The van der Waals surface area contributed by atoms with Crippen molar-refractivity contribution in [2.45, 2.75) is 26.2 Å². The van der Waals surface area contributed by atoms with Crippen LogP contribution in [0.3, 0.4) is 0 Å². The quantitative estimate of drug-likeness (QED) is 0.554. The lowest BCUT2D eigenvalue weighted by molar-refractivity contribution is -0.00112. The highest BCUT2D eigenvalue weighted by Gasteiger charge is 2.27. The molecule has 1 aliphatic heterocycles. The maximum atomic E-state index is 6.05. The van der Waals surface area contributed by atoms with E-state index < -0.39 is 0 Å². The predicted octanol–water partition coefficient (Wildman–Crippen LogP) is 2.97. The van der Waals surface area contributed by atoms with Crippen molar-refractivity contribution in [1.82, 2.24) is 30.1 Å². The maximum Gasteiger partial charge on any atom is 0.259 e. The Kier molecular flexibility index (Phi) is 3.75. The van der Waals surface area contributed by atoms with Gasteiger partial charge in [0.25, 0.3) is 5.89 Å². The number of fused-ring (bicyclic) bond motifs is 1. The summed E-state index contributed by atoms with van der Waals surface area (Å²) >= 11 is 0. The van der Waals surface area contributed by atoms with Crippen LogP contribution in [0.25, 0.3) is 23.0 Å². The van der Waals surface area contributed by atoms with E-state index in [-0.39, 0.29) is 6.10 Å². The Balaban J connectivity index is 1.42. The van der Waals surface area contributed by atoms with Crippen LogP contribution in [0.15, 0.2) is 53.3 Å². The molecule has 0 saturated carbocycles. The van der Waals surface area contributed by atoms with E-state index in [9.17, 15) is 0 Å². The summed E-state index contributed by atoms with van der Waals surface area (Å²) in [7, 11) is 0. The van der Waals surface area contributed by atoms with Crippen LogP contribution < -0.4 is 0 Å². The molecule has 0 aliphatic carbocycles. The first-order chi connectivity index (χ1) is 13.3. The Morgan fingerprint density at radius 3 is 2.85 bits per heavy atom. The van der Waals surface area contributed by atoms with Gasteiger partial charge in [0.15, 0.2) is 5.69 Å². The summed E-state index contributed by atoms with van der Waals surface area (Å²) in [5.41, 5.74) is 4.53. The molecule has 1 unspecified atom stereocenters. The first-order valence-electron chi connectivity index (χ1n) is 8.63. The number of hydrogen-bond acceptors (Lipinski definition) is 7. The van der Waals surface area contributed by atoms with Gasteiger partial charge in [-0.15, -0.1) is 5.10 Å². The second-order valence-electron chi connectivity index (χ2n) is 6.44. The van der Waals surface area contributed by atoms with Crippen molar-refractivity contribution in [3.8, 4) is 23.0 Å². The van der Waals surface area contributed by atoms with E-state index in [1.807, 2.05) is 16.8 Å². The Morgan fingerprint density at radius 1 is 1.15 bits per heavy atom. The van der Waals surface area contributed by atoms with E-state index in [4.69, 9.17) is 9.26 Å². The van der Waals surface area contributed by atoms with E-state index >= 15 is 0 Å². The number of hydrogen-bond donors (Lipinski definition) is 0. The molecule has 8 heteroatoms. The zero-order chi connectivity index (χ0) is 18.2. The lowest BCUT2D eigenvalue weighted by atomic mass is 10.1. The zero-order valence-corrected chi connectivity index (χ0v) is 14.6. The summed E-state index contributed by atoms with van der Waals surface area (Å²) in [6, 6.07) is 12.0. The van der Waals surface area contributed by atoms with Gasteiger partial charge in [-0.1, -0.05) is 40.2 Å². The van der Waals surface area contributed by atoms with Crippen LogP contribution in [0, 0.1) is 6.92 Å². The summed E-state index contributed by atoms with van der Waals surface area (Å²) in [5.74, 6) is 0.793. The highest BCUT2D eigenvalue weighted by molar-refractivity contribution is 5.57. The maximum absolute atomic E-state index is 6.05. The number of benzene rings is 1. The highest BCUT2D eigenvalue weighted by atomic mass is 16.5. The van der Waals surface area contributed by atoms with Crippen molar-refractivity contribution in [2.24, 2.45) is 0 Å². The monoisotopic (exact) mass is 360 g/mol. The van der Waals surface area contributed by atoms with Crippen molar-refractivity contribution in [3.05, 3.63) is 65.6 Å². The molecule has 27 heavy (non-hydrogen) atoms. The Hall–Kier alpha value is -3.39. The molecule has 3 aromatic heterocycles. The zero-order valence-electron chi connectivity index (χ0n) is 14.6. The normalized spacial score (nSPS) is 16.3. The number of rotatable bonds is 3. The van der Waals surface area contributed by atoms with E-state index in [1.54, 1.807) is 12.4 Å².